The normalized spacial score (nSPS) is 13.9. The van der Waals surface area contributed by atoms with Crippen molar-refractivity contribution >= 4 is 16.9 Å². The highest BCUT2D eigenvalue weighted by atomic mass is 16.5. The van der Waals surface area contributed by atoms with Crippen LogP contribution in [0.1, 0.15) is 16.1 Å². The first-order valence-electron chi connectivity index (χ1n) is 9.93. The number of nitrogens with one attached hydrogen (secondary N) is 2. The molecule has 3 aromatic heterocycles. The zero-order chi connectivity index (χ0) is 20.5. The highest BCUT2D eigenvalue weighted by molar-refractivity contribution is 6.04. The molecule has 1 aromatic carbocycles. The van der Waals surface area contributed by atoms with E-state index in [1.807, 2.05) is 43.3 Å². The SMILES string of the molecule is Cc1cccc(-c2[nH]ncc2-c2ccc3nccc(C(=O)OCC4CNC4)c3c2)n1. The van der Waals surface area contributed by atoms with E-state index in [4.69, 9.17) is 4.74 Å². The molecule has 7 heteroatoms. The van der Waals surface area contributed by atoms with Gasteiger partial charge in [-0.2, -0.15) is 5.10 Å². The van der Waals surface area contributed by atoms with Crippen molar-refractivity contribution in [1.29, 1.82) is 0 Å². The summed E-state index contributed by atoms with van der Waals surface area (Å²) in [5.74, 6) is 0.0761. The number of hydrogen-bond donors (Lipinski definition) is 2. The fourth-order valence-corrected chi connectivity index (χ4v) is 3.61. The molecule has 0 radical (unpaired) electrons. The molecule has 0 unspecified atom stereocenters. The minimum absolute atomic E-state index is 0.320. The predicted molar refractivity (Wildman–Crippen MR) is 114 cm³/mol. The molecule has 2 N–H and O–H groups in total. The summed E-state index contributed by atoms with van der Waals surface area (Å²) in [4.78, 5) is 21.7. The standard InChI is InChI=1S/C23H21N5O2/c1-14-3-2-4-21(27-14)22-19(12-26-28-22)16-5-6-20-18(9-16)17(7-8-25-20)23(29)30-13-15-10-24-11-15/h2-9,12,15,24H,10-11,13H2,1H3,(H,26,28). The molecular formula is C23H21N5O2. The van der Waals surface area contributed by atoms with E-state index < -0.39 is 0 Å². The molecule has 0 aliphatic carbocycles. The van der Waals surface area contributed by atoms with Crippen LogP contribution < -0.4 is 5.32 Å². The van der Waals surface area contributed by atoms with Crippen molar-refractivity contribution < 1.29 is 9.53 Å². The molecule has 1 saturated heterocycles. The van der Waals surface area contributed by atoms with Gasteiger partial charge < -0.3 is 10.1 Å². The summed E-state index contributed by atoms with van der Waals surface area (Å²) in [6, 6.07) is 13.5. The predicted octanol–water partition coefficient (Wildman–Crippen LogP) is 3.37. The second-order valence-corrected chi connectivity index (χ2v) is 7.54. The Morgan fingerprint density at radius 2 is 2.10 bits per heavy atom. The first-order chi connectivity index (χ1) is 14.7. The van der Waals surface area contributed by atoms with Crippen LogP contribution >= 0.6 is 0 Å². The van der Waals surface area contributed by atoms with E-state index in [1.165, 1.54) is 0 Å². The minimum Gasteiger partial charge on any atom is -0.462 e. The summed E-state index contributed by atoms with van der Waals surface area (Å²) in [5.41, 5.74) is 5.71. The summed E-state index contributed by atoms with van der Waals surface area (Å²) >= 11 is 0. The number of rotatable bonds is 5. The highest BCUT2D eigenvalue weighted by Gasteiger charge is 2.20. The number of nitrogens with zero attached hydrogens (tertiary/aromatic N) is 3. The lowest BCUT2D eigenvalue weighted by Gasteiger charge is -2.26. The summed E-state index contributed by atoms with van der Waals surface area (Å²) in [6.07, 6.45) is 3.42. The van der Waals surface area contributed by atoms with Crippen LogP contribution in [-0.4, -0.2) is 45.8 Å². The van der Waals surface area contributed by atoms with Gasteiger partial charge in [-0.05, 0) is 42.8 Å². The Balaban J connectivity index is 1.52. The maximum absolute atomic E-state index is 12.7. The molecule has 7 nitrogen and oxygen atoms in total. The van der Waals surface area contributed by atoms with Gasteiger partial charge in [0, 0.05) is 41.8 Å². The molecule has 150 valence electrons. The van der Waals surface area contributed by atoms with Gasteiger partial charge in [0.05, 0.1) is 35.3 Å². The van der Waals surface area contributed by atoms with Gasteiger partial charge >= 0.3 is 5.97 Å². The fraction of sp³-hybridized carbons (Fsp3) is 0.217. The summed E-state index contributed by atoms with van der Waals surface area (Å²) < 4.78 is 5.54. The van der Waals surface area contributed by atoms with Gasteiger partial charge in [0.2, 0.25) is 0 Å². The average Bonchev–Trinajstić information content (AvgIpc) is 3.21. The molecule has 1 fully saturated rings. The maximum atomic E-state index is 12.7. The molecule has 4 heterocycles. The number of carbonyl (C=O) groups is 1. The number of aromatic nitrogens is 4. The van der Waals surface area contributed by atoms with Gasteiger partial charge in [0.25, 0.3) is 0 Å². The number of esters is 1. The molecule has 0 saturated carbocycles. The zero-order valence-corrected chi connectivity index (χ0v) is 16.6. The topological polar surface area (TPSA) is 92.8 Å². The van der Waals surface area contributed by atoms with Gasteiger partial charge in [0.15, 0.2) is 0 Å². The number of carbonyl (C=O) groups excluding carboxylic acids is 1. The number of pyridine rings is 2. The van der Waals surface area contributed by atoms with E-state index in [0.717, 1.165) is 52.2 Å². The van der Waals surface area contributed by atoms with Crippen molar-refractivity contribution in [2.75, 3.05) is 19.7 Å². The second kappa shape index (κ2) is 7.68. The Morgan fingerprint density at radius 1 is 1.20 bits per heavy atom. The summed E-state index contributed by atoms with van der Waals surface area (Å²) in [7, 11) is 0. The Labute approximate surface area is 173 Å². The van der Waals surface area contributed by atoms with Gasteiger partial charge in [-0.1, -0.05) is 12.1 Å². The van der Waals surface area contributed by atoms with Crippen LogP contribution in [0.15, 0.2) is 54.9 Å². The van der Waals surface area contributed by atoms with Gasteiger partial charge in [-0.3, -0.25) is 15.1 Å². The maximum Gasteiger partial charge on any atom is 0.338 e. The molecule has 5 rings (SSSR count). The molecule has 4 aromatic rings. The molecule has 0 atom stereocenters. The van der Waals surface area contributed by atoms with Crippen LogP contribution in [0.3, 0.4) is 0 Å². The van der Waals surface area contributed by atoms with Crippen LogP contribution in [0.5, 0.6) is 0 Å². The quantitative estimate of drug-likeness (QED) is 0.500. The smallest absolute Gasteiger partial charge is 0.338 e. The Bertz CT molecular complexity index is 1230. The van der Waals surface area contributed by atoms with Gasteiger partial charge in [-0.25, -0.2) is 4.79 Å². The molecule has 0 bridgehead atoms. The number of H-pyrrole nitrogens is 1. The van der Waals surface area contributed by atoms with Crippen LogP contribution in [-0.2, 0) is 4.74 Å². The minimum atomic E-state index is -0.320. The highest BCUT2D eigenvalue weighted by Crippen LogP contribution is 2.32. The molecule has 0 amide bonds. The van der Waals surface area contributed by atoms with E-state index in [1.54, 1.807) is 18.5 Å². The van der Waals surface area contributed by atoms with Crippen LogP contribution in [0, 0.1) is 12.8 Å². The molecule has 0 spiro atoms. The molecule has 1 aliphatic heterocycles. The van der Waals surface area contributed by atoms with E-state index >= 15 is 0 Å². The van der Waals surface area contributed by atoms with Crippen molar-refractivity contribution in [1.82, 2.24) is 25.5 Å². The summed E-state index contributed by atoms with van der Waals surface area (Å²) in [6.45, 7) is 4.18. The summed E-state index contributed by atoms with van der Waals surface area (Å²) in [5, 5.41) is 11.2. The monoisotopic (exact) mass is 399 g/mol. The van der Waals surface area contributed by atoms with E-state index in [9.17, 15) is 4.79 Å². The Kier molecular flexibility index (Phi) is 4.72. The van der Waals surface area contributed by atoms with Gasteiger partial charge in [-0.15, -0.1) is 0 Å². The zero-order valence-electron chi connectivity index (χ0n) is 16.6. The number of ether oxygens (including phenoxy) is 1. The van der Waals surface area contributed by atoms with Gasteiger partial charge in [0.1, 0.15) is 0 Å². The Morgan fingerprint density at radius 3 is 2.90 bits per heavy atom. The number of aromatic amines is 1. The first-order valence-corrected chi connectivity index (χ1v) is 9.93. The number of hydrogen-bond acceptors (Lipinski definition) is 6. The van der Waals surface area contributed by atoms with E-state index in [-0.39, 0.29) is 5.97 Å². The van der Waals surface area contributed by atoms with Crippen molar-refractivity contribution in [3.8, 4) is 22.5 Å². The molecule has 1 aliphatic rings. The van der Waals surface area contributed by atoms with Crippen molar-refractivity contribution in [3.05, 3.63) is 66.1 Å². The number of aryl methyl sites for hydroxylation is 1. The van der Waals surface area contributed by atoms with Crippen molar-refractivity contribution in [2.24, 2.45) is 5.92 Å². The number of fused-ring (bicyclic) bond motifs is 1. The van der Waals surface area contributed by atoms with Crippen LogP contribution in [0.2, 0.25) is 0 Å². The van der Waals surface area contributed by atoms with Crippen LogP contribution in [0.4, 0.5) is 0 Å². The average molecular weight is 399 g/mol. The van der Waals surface area contributed by atoms with Crippen LogP contribution in [0.25, 0.3) is 33.4 Å². The molecule has 30 heavy (non-hydrogen) atoms. The Hall–Kier alpha value is -3.58. The molecular weight excluding hydrogens is 378 g/mol. The number of benzene rings is 1. The third kappa shape index (κ3) is 3.44. The van der Waals surface area contributed by atoms with E-state index in [2.05, 4.69) is 25.5 Å². The first kappa shape index (κ1) is 18.4. The lowest BCUT2D eigenvalue weighted by atomic mass is 10.00. The third-order valence-corrected chi connectivity index (χ3v) is 5.37. The third-order valence-electron chi connectivity index (χ3n) is 5.37. The fourth-order valence-electron chi connectivity index (χ4n) is 3.61. The lowest BCUT2D eigenvalue weighted by molar-refractivity contribution is 0.0400. The largest absolute Gasteiger partial charge is 0.462 e. The van der Waals surface area contributed by atoms with Crippen molar-refractivity contribution in [2.45, 2.75) is 6.92 Å². The second-order valence-electron chi connectivity index (χ2n) is 7.54. The van der Waals surface area contributed by atoms with E-state index in [0.29, 0.717) is 18.1 Å². The lowest BCUT2D eigenvalue weighted by Crippen LogP contribution is -2.44. The van der Waals surface area contributed by atoms with Crippen molar-refractivity contribution in [3.63, 3.8) is 0 Å².